The number of fused-ring (bicyclic) bond motifs is 1. The van der Waals surface area contributed by atoms with E-state index in [0.29, 0.717) is 13.4 Å². The third-order valence-electron chi connectivity index (χ3n) is 2.77. The van der Waals surface area contributed by atoms with Crippen LogP contribution >= 0.6 is 0 Å². The number of rotatable bonds is 7. The highest BCUT2D eigenvalue weighted by Crippen LogP contribution is 2.32. The Bertz CT molecular complexity index is 378. The quantitative estimate of drug-likeness (QED) is 0.552. The summed E-state index contributed by atoms with van der Waals surface area (Å²) in [6, 6.07) is 5.83. The average Bonchev–Trinajstić information content (AvgIpc) is 2.84. The highest BCUT2D eigenvalue weighted by atomic mass is 16.7. The summed E-state index contributed by atoms with van der Waals surface area (Å²) in [6.45, 7) is 5.63. The lowest BCUT2D eigenvalue weighted by molar-refractivity contribution is -0.138. The van der Waals surface area contributed by atoms with Gasteiger partial charge >= 0.3 is 0 Å². The summed E-state index contributed by atoms with van der Waals surface area (Å²) in [7, 11) is 0. The molecule has 1 aliphatic rings. The minimum Gasteiger partial charge on any atom is -0.454 e. The summed E-state index contributed by atoms with van der Waals surface area (Å²) in [5.41, 5.74) is 1.06. The Balaban J connectivity index is 1.76. The Hall–Kier alpha value is -1.26. The van der Waals surface area contributed by atoms with Crippen LogP contribution in [0, 0.1) is 0 Å². The van der Waals surface area contributed by atoms with Crippen molar-refractivity contribution >= 4 is 0 Å². The molecule has 100 valence electrons. The molecule has 1 atom stereocenters. The van der Waals surface area contributed by atoms with Gasteiger partial charge in [0, 0.05) is 6.61 Å². The second-order valence-electron chi connectivity index (χ2n) is 4.29. The molecular weight excluding hydrogens is 232 g/mol. The van der Waals surface area contributed by atoms with Crippen molar-refractivity contribution in [2.24, 2.45) is 0 Å². The van der Waals surface area contributed by atoms with E-state index in [4.69, 9.17) is 18.9 Å². The summed E-state index contributed by atoms with van der Waals surface area (Å²) in [6.07, 6.45) is 2.02. The molecule has 0 aliphatic carbocycles. The van der Waals surface area contributed by atoms with Crippen molar-refractivity contribution in [3.63, 3.8) is 0 Å². The summed E-state index contributed by atoms with van der Waals surface area (Å²) in [5, 5.41) is 0. The van der Waals surface area contributed by atoms with Gasteiger partial charge in [-0.2, -0.15) is 0 Å². The number of hydrogen-bond acceptors (Lipinski definition) is 4. The van der Waals surface area contributed by atoms with Crippen molar-refractivity contribution in [1.29, 1.82) is 0 Å². The average molecular weight is 252 g/mol. The number of hydrogen-bond donors (Lipinski definition) is 0. The molecule has 0 amide bonds. The molecule has 0 aromatic heterocycles. The van der Waals surface area contributed by atoms with Gasteiger partial charge in [-0.05, 0) is 31.0 Å². The van der Waals surface area contributed by atoms with Crippen LogP contribution < -0.4 is 9.47 Å². The van der Waals surface area contributed by atoms with Crippen LogP contribution in [0.5, 0.6) is 11.5 Å². The molecule has 0 radical (unpaired) electrons. The molecule has 1 aliphatic heterocycles. The van der Waals surface area contributed by atoms with Gasteiger partial charge in [0.1, 0.15) is 0 Å². The van der Waals surface area contributed by atoms with E-state index in [1.807, 2.05) is 25.1 Å². The van der Waals surface area contributed by atoms with Gasteiger partial charge in [0.15, 0.2) is 17.8 Å². The third kappa shape index (κ3) is 3.62. The Morgan fingerprint density at radius 3 is 2.89 bits per heavy atom. The zero-order valence-corrected chi connectivity index (χ0v) is 11.0. The number of unbranched alkanes of at least 4 members (excludes halogenated alkanes) is 1. The monoisotopic (exact) mass is 252 g/mol. The number of ether oxygens (including phenoxy) is 4. The molecule has 0 N–H and O–H groups in total. The minimum absolute atomic E-state index is 0.179. The fourth-order valence-electron chi connectivity index (χ4n) is 1.69. The molecule has 0 saturated heterocycles. The van der Waals surface area contributed by atoms with Gasteiger partial charge in [-0.25, -0.2) is 0 Å². The van der Waals surface area contributed by atoms with Crippen LogP contribution in [-0.4, -0.2) is 19.7 Å². The first-order valence-electron chi connectivity index (χ1n) is 6.41. The van der Waals surface area contributed by atoms with E-state index in [0.717, 1.165) is 36.5 Å². The fourth-order valence-corrected chi connectivity index (χ4v) is 1.69. The molecule has 1 aromatic rings. The molecule has 4 nitrogen and oxygen atoms in total. The van der Waals surface area contributed by atoms with Crippen molar-refractivity contribution in [2.45, 2.75) is 39.6 Å². The van der Waals surface area contributed by atoms with Crippen molar-refractivity contribution in [1.82, 2.24) is 0 Å². The van der Waals surface area contributed by atoms with Crippen LogP contribution in [0.3, 0.4) is 0 Å². The molecular formula is C14H20O4. The molecule has 0 spiro atoms. The standard InChI is InChI=1S/C14H20O4/c1-3-4-7-15-11(2)16-9-12-5-6-13-14(8-12)18-10-17-13/h5-6,8,11H,3-4,7,9-10H2,1-2H3. The summed E-state index contributed by atoms with van der Waals surface area (Å²) < 4.78 is 21.7. The molecule has 1 heterocycles. The lowest BCUT2D eigenvalue weighted by Gasteiger charge is -2.14. The minimum atomic E-state index is -0.179. The maximum atomic E-state index is 5.62. The highest BCUT2D eigenvalue weighted by Gasteiger charge is 2.13. The van der Waals surface area contributed by atoms with Gasteiger partial charge in [0.2, 0.25) is 6.79 Å². The van der Waals surface area contributed by atoms with Crippen LogP contribution in [-0.2, 0) is 16.1 Å². The zero-order chi connectivity index (χ0) is 12.8. The van der Waals surface area contributed by atoms with Gasteiger partial charge in [-0.3, -0.25) is 0 Å². The molecule has 18 heavy (non-hydrogen) atoms. The first-order chi connectivity index (χ1) is 8.79. The van der Waals surface area contributed by atoms with Gasteiger partial charge in [-0.15, -0.1) is 0 Å². The van der Waals surface area contributed by atoms with E-state index in [1.54, 1.807) is 0 Å². The van der Waals surface area contributed by atoms with E-state index >= 15 is 0 Å². The second kappa shape index (κ2) is 6.61. The Labute approximate surface area is 108 Å². The second-order valence-corrected chi connectivity index (χ2v) is 4.29. The van der Waals surface area contributed by atoms with E-state index in [1.165, 1.54) is 0 Å². The summed E-state index contributed by atoms with van der Waals surface area (Å²) >= 11 is 0. The van der Waals surface area contributed by atoms with E-state index in [9.17, 15) is 0 Å². The highest BCUT2D eigenvalue weighted by molar-refractivity contribution is 5.44. The zero-order valence-electron chi connectivity index (χ0n) is 11.0. The maximum absolute atomic E-state index is 5.62. The van der Waals surface area contributed by atoms with Crippen LogP contribution in [0.4, 0.5) is 0 Å². The topological polar surface area (TPSA) is 36.9 Å². The SMILES string of the molecule is CCCCOC(C)OCc1ccc2c(c1)OCO2. The van der Waals surface area contributed by atoms with Gasteiger partial charge < -0.3 is 18.9 Å². The normalized spacial score (nSPS) is 14.8. The molecule has 0 bridgehead atoms. The van der Waals surface area contributed by atoms with Crippen LogP contribution in [0.15, 0.2) is 18.2 Å². The summed E-state index contributed by atoms with van der Waals surface area (Å²) in [4.78, 5) is 0. The van der Waals surface area contributed by atoms with Crippen molar-refractivity contribution in [3.05, 3.63) is 23.8 Å². The molecule has 0 fully saturated rings. The van der Waals surface area contributed by atoms with Crippen molar-refractivity contribution < 1.29 is 18.9 Å². The molecule has 4 heteroatoms. The van der Waals surface area contributed by atoms with Gasteiger partial charge in [0.05, 0.1) is 6.61 Å². The molecule has 1 aromatic carbocycles. The van der Waals surface area contributed by atoms with E-state index in [-0.39, 0.29) is 6.29 Å². The maximum Gasteiger partial charge on any atom is 0.231 e. The lowest BCUT2D eigenvalue weighted by atomic mass is 10.2. The first-order valence-corrected chi connectivity index (χ1v) is 6.41. The predicted molar refractivity (Wildman–Crippen MR) is 67.7 cm³/mol. The van der Waals surface area contributed by atoms with E-state index < -0.39 is 0 Å². The number of benzene rings is 1. The van der Waals surface area contributed by atoms with Crippen LogP contribution in [0.2, 0.25) is 0 Å². The first kappa shape index (κ1) is 13.2. The molecule has 2 rings (SSSR count). The van der Waals surface area contributed by atoms with Crippen LogP contribution in [0.1, 0.15) is 32.3 Å². The fraction of sp³-hybridized carbons (Fsp3) is 0.571. The lowest BCUT2D eigenvalue weighted by Crippen LogP contribution is -2.13. The summed E-state index contributed by atoms with van der Waals surface area (Å²) in [5.74, 6) is 1.58. The van der Waals surface area contributed by atoms with E-state index in [2.05, 4.69) is 6.92 Å². The van der Waals surface area contributed by atoms with Gasteiger partial charge in [-0.1, -0.05) is 19.4 Å². The molecule has 1 unspecified atom stereocenters. The van der Waals surface area contributed by atoms with Crippen LogP contribution in [0.25, 0.3) is 0 Å². The largest absolute Gasteiger partial charge is 0.454 e. The molecule has 0 saturated carbocycles. The van der Waals surface area contributed by atoms with Crippen molar-refractivity contribution in [3.8, 4) is 11.5 Å². The predicted octanol–water partition coefficient (Wildman–Crippen LogP) is 3.09. The Kier molecular flexibility index (Phi) is 4.84. The Morgan fingerprint density at radius 2 is 2.06 bits per heavy atom. The third-order valence-corrected chi connectivity index (χ3v) is 2.77. The van der Waals surface area contributed by atoms with Crippen molar-refractivity contribution in [2.75, 3.05) is 13.4 Å². The smallest absolute Gasteiger partial charge is 0.231 e. The van der Waals surface area contributed by atoms with Gasteiger partial charge in [0.25, 0.3) is 0 Å². The Morgan fingerprint density at radius 1 is 1.22 bits per heavy atom.